The molecule has 1 aromatic heterocycles. The first-order chi connectivity index (χ1) is 10.2. The summed E-state index contributed by atoms with van der Waals surface area (Å²) in [6.45, 7) is 3.15. The largest absolute Gasteiger partial charge is 0.383 e. The number of hydrogen-bond donors (Lipinski definition) is 2. The molecule has 1 aromatic carbocycles. The summed E-state index contributed by atoms with van der Waals surface area (Å²) in [7, 11) is 1.62. The highest BCUT2D eigenvalue weighted by Gasteiger charge is 2.14. The number of aromatic nitrogens is 2. The number of amides is 1. The second kappa shape index (κ2) is 7.19. The maximum absolute atomic E-state index is 12.1. The van der Waals surface area contributed by atoms with Gasteiger partial charge in [0.25, 0.3) is 0 Å². The van der Waals surface area contributed by atoms with Gasteiger partial charge in [0.15, 0.2) is 0 Å². The normalized spacial score (nSPS) is 12.5. The van der Waals surface area contributed by atoms with Crippen LogP contribution in [0.3, 0.4) is 0 Å². The molecule has 0 aliphatic carbocycles. The van der Waals surface area contributed by atoms with Crippen LogP contribution in [0.4, 0.5) is 0 Å². The highest BCUT2D eigenvalue weighted by Crippen LogP contribution is 2.16. The van der Waals surface area contributed by atoms with Gasteiger partial charge in [0.1, 0.15) is 12.4 Å². The fraction of sp³-hybridized carbons (Fsp3) is 0.467. The molecule has 21 heavy (non-hydrogen) atoms. The molecule has 0 radical (unpaired) electrons. The van der Waals surface area contributed by atoms with Crippen molar-refractivity contribution in [2.45, 2.75) is 25.9 Å². The molecule has 2 rings (SSSR count). The van der Waals surface area contributed by atoms with Gasteiger partial charge in [-0.05, 0) is 25.6 Å². The van der Waals surface area contributed by atoms with Gasteiger partial charge in [-0.15, -0.1) is 0 Å². The zero-order chi connectivity index (χ0) is 15.2. The lowest BCUT2D eigenvalue weighted by Gasteiger charge is -2.14. The Morgan fingerprint density at radius 3 is 2.95 bits per heavy atom. The Balaban J connectivity index is 2.19. The minimum Gasteiger partial charge on any atom is -0.383 e. The Hall–Kier alpha value is -1.92. The minimum absolute atomic E-state index is 0.0183. The van der Waals surface area contributed by atoms with E-state index in [1.54, 1.807) is 7.11 Å². The fourth-order valence-corrected chi connectivity index (χ4v) is 2.38. The van der Waals surface area contributed by atoms with Gasteiger partial charge in [0.2, 0.25) is 5.91 Å². The number of fused-ring (bicyclic) bond motifs is 1. The molecule has 1 atom stereocenters. The summed E-state index contributed by atoms with van der Waals surface area (Å²) in [5, 5.41) is 2.91. The van der Waals surface area contributed by atoms with E-state index >= 15 is 0 Å². The van der Waals surface area contributed by atoms with Crippen LogP contribution in [0.1, 0.15) is 12.7 Å². The van der Waals surface area contributed by atoms with Crippen LogP contribution in [0.15, 0.2) is 24.3 Å². The molecule has 0 saturated carbocycles. The maximum atomic E-state index is 12.1. The number of carbonyl (C=O) groups is 1. The molecule has 0 spiro atoms. The van der Waals surface area contributed by atoms with E-state index in [0.29, 0.717) is 19.6 Å². The molecule has 114 valence electrons. The first-order valence-corrected chi connectivity index (χ1v) is 7.08. The van der Waals surface area contributed by atoms with Gasteiger partial charge in [-0.2, -0.15) is 0 Å². The Labute approximate surface area is 124 Å². The van der Waals surface area contributed by atoms with Crippen LogP contribution in [-0.4, -0.2) is 41.8 Å². The molecule has 0 aliphatic heterocycles. The van der Waals surface area contributed by atoms with Gasteiger partial charge in [-0.1, -0.05) is 12.1 Å². The topological polar surface area (TPSA) is 82.2 Å². The van der Waals surface area contributed by atoms with Crippen LogP contribution in [0.5, 0.6) is 0 Å². The molecule has 0 fully saturated rings. The number of para-hydroxylation sites is 2. The Morgan fingerprint density at radius 1 is 1.48 bits per heavy atom. The fourth-order valence-electron chi connectivity index (χ4n) is 2.38. The van der Waals surface area contributed by atoms with Gasteiger partial charge in [-0.25, -0.2) is 4.98 Å². The summed E-state index contributed by atoms with van der Waals surface area (Å²) < 4.78 is 6.95. The van der Waals surface area contributed by atoms with Crippen LogP contribution in [-0.2, 0) is 22.5 Å². The molecule has 0 bridgehead atoms. The predicted octanol–water partition coefficient (Wildman–Crippen LogP) is 0.689. The van der Waals surface area contributed by atoms with Crippen molar-refractivity contribution in [2.24, 2.45) is 5.73 Å². The van der Waals surface area contributed by atoms with E-state index in [0.717, 1.165) is 16.9 Å². The van der Waals surface area contributed by atoms with E-state index in [4.69, 9.17) is 10.5 Å². The standard InChI is InChI=1S/C15H22N4O2/c1-11(10-21-2)17-15(20)9-19-13-6-4-3-5-12(13)18-14(19)7-8-16/h3-6,11H,7-10,16H2,1-2H3,(H,17,20). The van der Waals surface area contributed by atoms with E-state index in [-0.39, 0.29) is 18.5 Å². The SMILES string of the molecule is COCC(C)NC(=O)Cn1c(CCN)nc2ccccc21. The van der Waals surface area contributed by atoms with Crippen molar-refractivity contribution in [3.63, 3.8) is 0 Å². The van der Waals surface area contributed by atoms with Crippen LogP contribution in [0, 0.1) is 0 Å². The number of hydrogen-bond acceptors (Lipinski definition) is 4. The number of methoxy groups -OCH3 is 1. The summed E-state index contributed by atoms with van der Waals surface area (Å²) in [4.78, 5) is 16.7. The summed E-state index contributed by atoms with van der Waals surface area (Å²) >= 11 is 0. The Bertz CT molecular complexity index is 609. The maximum Gasteiger partial charge on any atom is 0.240 e. The first kappa shape index (κ1) is 15.5. The number of nitrogens with zero attached hydrogens (tertiary/aromatic N) is 2. The number of nitrogens with two attached hydrogens (primary N) is 1. The van der Waals surface area contributed by atoms with Crippen molar-refractivity contribution in [3.05, 3.63) is 30.1 Å². The smallest absolute Gasteiger partial charge is 0.240 e. The molecule has 0 saturated heterocycles. The van der Waals surface area contributed by atoms with E-state index in [2.05, 4.69) is 10.3 Å². The highest BCUT2D eigenvalue weighted by molar-refractivity contribution is 5.81. The zero-order valence-corrected chi connectivity index (χ0v) is 12.5. The van der Waals surface area contributed by atoms with Crippen molar-refractivity contribution in [1.29, 1.82) is 0 Å². The van der Waals surface area contributed by atoms with Gasteiger partial charge >= 0.3 is 0 Å². The van der Waals surface area contributed by atoms with Crippen LogP contribution in [0.2, 0.25) is 0 Å². The lowest BCUT2D eigenvalue weighted by Crippen LogP contribution is -2.38. The molecule has 1 heterocycles. The van der Waals surface area contributed by atoms with Crippen molar-refractivity contribution in [3.8, 4) is 0 Å². The van der Waals surface area contributed by atoms with Gasteiger partial charge in [0.05, 0.1) is 17.6 Å². The average molecular weight is 290 g/mol. The van der Waals surface area contributed by atoms with Crippen LogP contribution in [0.25, 0.3) is 11.0 Å². The van der Waals surface area contributed by atoms with E-state index < -0.39 is 0 Å². The third-order valence-electron chi connectivity index (χ3n) is 3.23. The van der Waals surface area contributed by atoms with E-state index in [9.17, 15) is 4.79 Å². The summed E-state index contributed by atoms with van der Waals surface area (Å²) in [6, 6.07) is 7.77. The molecule has 0 aliphatic rings. The van der Waals surface area contributed by atoms with Crippen molar-refractivity contribution < 1.29 is 9.53 Å². The Morgan fingerprint density at radius 2 is 2.24 bits per heavy atom. The highest BCUT2D eigenvalue weighted by atomic mass is 16.5. The first-order valence-electron chi connectivity index (χ1n) is 7.08. The molecular formula is C15H22N4O2. The lowest BCUT2D eigenvalue weighted by atomic mass is 10.3. The van der Waals surface area contributed by atoms with E-state index in [1.165, 1.54) is 0 Å². The summed E-state index contributed by atoms with van der Waals surface area (Å²) in [5.41, 5.74) is 7.47. The molecule has 3 N–H and O–H groups in total. The quantitative estimate of drug-likeness (QED) is 0.786. The van der Waals surface area contributed by atoms with Crippen molar-refractivity contribution >= 4 is 16.9 Å². The predicted molar refractivity (Wildman–Crippen MR) is 82.0 cm³/mol. The van der Waals surface area contributed by atoms with Gasteiger partial charge < -0.3 is 20.4 Å². The van der Waals surface area contributed by atoms with E-state index in [1.807, 2.05) is 35.8 Å². The zero-order valence-electron chi connectivity index (χ0n) is 12.5. The second-order valence-corrected chi connectivity index (χ2v) is 5.07. The monoisotopic (exact) mass is 290 g/mol. The van der Waals surface area contributed by atoms with Gasteiger partial charge in [-0.3, -0.25) is 4.79 Å². The van der Waals surface area contributed by atoms with Crippen molar-refractivity contribution in [1.82, 2.24) is 14.9 Å². The molecule has 1 amide bonds. The second-order valence-electron chi connectivity index (χ2n) is 5.07. The molecule has 1 unspecified atom stereocenters. The third-order valence-corrected chi connectivity index (χ3v) is 3.23. The van der Waals surface area contributed by atoms with Gasteiger partial charge in [0, 0.05) is 19.6 Å². The molecule has 6 heteroatoms. The number of nitrogens with one attached hydrogen (secondary N) is 1. The molecular weight excluding hydrogens is 268 g/mol. The summed E-state index contributed by atoms with van der Waals surface area (Å²) in [5.74, 6) is 0.786. The number of carbonyl (C=O) groups excluding carboxylic acids is 1. The minimum atomic E-state index is -0.0547. The number of rotatable bonds is 7. The van der Waals surface area contributed by atoms with Crippen LogP contribution < -0.4 is 11.1 Å². The Kier molecular flexibility index (Phi) is 5.30. The van der Waals surface area contributed by atoms with Crippen LogP contribution >= 0.6 is 0 Å². The lowest BCUT2D eigenvalue weighted by molar-refractivity contribution is -0.122. The molecule has 2 aromatic rings. The number of ether oxygens (including phenoxy) is 1. The third kappa shape index (κ3) is 3.80. The van der Waals surface area contributed by atoms with Crippen molar-refractivity contribution in [2.75, 3.05) is 20.3 Å². The summed E-state index contributed by atoms with van der Waals surface area (Å²) in [6.07, 6.45) is 0.648. The molecule has 6 nitrogen and oxygen atoms in total. The number of benzene rings is 1. The number of imidazole rings is 1. The average Bonchev–Trinajstić information content (AvgIpc) is 2.77.